The zero-order valence-electron chi connectivity index (χ0n) is 10.1. The fraction of sp³-hybridized carbons (Fsp3) is 0.333. The van der Waals surface area contributed by atoms with Crippen LogP contribution in [0.1, 0.15) is 18.2 Å². The van der Waals surface area contributed by atoms with Gasteiger partial charge in [0.25, 0.3) is 0 Å². The van der Waals surface area contributed by atoms with Gasteiger partial charge in [0, 0.05) is 43.3 Å². The molecule has 90 valence electrons. The summed E-state index contributed by atoms with van der Waals surface area (Å²) in [6.45, 7) is 2.82. The molecule has 0 aliphatic rings. The molecule has 0 unspecified atom stereocenters. The Morgan fingerprint density at radius 2 is 2.29 bits per heavy atom. The number of hydrogen-bond donors (Lipinski definition) is 2. The number of aryl methyl sites for hydroxylation is 2. The molecular weight excluding hydrogens is 214 g/mol. The maximum Gasteiger partial charge on any atom is 0.128 e. The van der Waals surface area contributed by atoms with Gasteiger partial charge in [-0.1, -0.05) is 6.92 Å². The van der Waals surface area contributed by atoms with Crippen LogP contribution in [0.2, 0.25) is 0 Å². The summed E-state index contributed by atoms with van der Waals surface area (Å²) in [7, 11) is 1.93. The fourth-order valence-electron chi connectivity index (χ4n) is 1.76. The third kappa shape index (κ3) is 2.75. The standard InChI is InChI=1S/C12H17N5/c1-3-11-9(8-17(2)16-11)7-15-12-6-10(13)4-5-14-12/h4-6,8H,3,7H2,1-2H3,(H3,13,14,15). The van der Waals surface area contributed by atoms with E-state index in [4.69, 9.17) is 5.73 Å². The molecule has 2 aromatic heterocycles. The van der Waals surface area contributed by atoms with E-state index in [9.17, 15) is 0 Å². The van der Waals surface area contributed by atoms with Gasteiger partial charge in [-0.05, 0) is 12.5 Å². The highest BCUT2D eigenvalue weighted by molar-refractivity contribution is 5.48. The first kappa shape index (κ1) is 11.4. The van der Waals surface area contributed by atoms with Gasteiger partial charge in [-0.2, -0.15) is 5.10 Å². The van der Waals surface area contributed by atoms with Crippen molar-refractivity contribution in [2.75, 3.05) is 11.1 Å². The molecule has 2 rings (SSSR count). The Labute approximate surface area is 101 Å². The molecule has 0 aliphatic heterocycles. The Balaban J connectivity index is 2.06. The Morgan fingerprint density at radius 3 is 3.00 bits per heavy atom. The van der Waals surface area contributed by atoms with Crippen molar-refractivity contribution in [3.05, 3.63) is 35.8 Å². The number of nitrogen functional groups attached to an aromatic ring is 1. The van der Waals surface area contributed by atoms with Gasteiger partial charge in [0.2, 0.25) is 0 Å². The van der Waals surface area contributed by atoms with E-state index in [0.29, 0.717) is 12.2 Å². The van der Waals surface area contributed by atoms with Gasteiger partial charge >= 0.3 is 0 Å². The second-order valence-corrected chi connectivity index (χ2v) is 3.96. The summed E-state index contributed by atoms with van der Waals surface area (Å²) in [5.41, 5.74) is 8.71. The first-order valence-corrected chi connectivity index (χ1v) is 5.66. The van der Waals surface area contributed by atoms with Gasteiger partial charge in [-0.25, -0.2) is 4.98 Å². The topological polar surface area (TPSA) is 68.8 Å². The highest BCUT2D eigenvalue weighted by Gasteiger charge is 2.05. The van der Waals surface area contributed by atoms with Crippen molar-refractivity contribution in [2.24, 2.45) is 7.05 Å². The lowest BCUT2D eigenvalue weighted by atomic mass is 10.2. The average Bonchev–Trinajstić information content (AvgIpc) is 2.67. The average molecular weight is 231 g/mol. The summed E-state index contributed by atoms with van der Waals surface area (Å²) in [5.74, 6) is 0.788. The Morgan fingerprint density at radius 1 is 1.47 bits per heavy atom. The lowest BCUT2D eigenvalue weighted by molar-refractivity contribution is 0.746. The number of nitrogens with two attached hydrogens (primary N) is 1. The van der Waals surface area contributed by atoms with E-state index >= 15 is 0 Å². The van der Waals surface area contributed by atoms with Crippen LogP contribution in [0.3, 0.4) is 0 Å². The van der Waals surface area contributed by atoms with Gasteiger partial charge in [-0.15, -0.1) is 0 Å². The van der Waals surface area contributed by atoms with Crippen molar-refractivity contribution >= 4 is 11.5 Å². The van der Waals surface area contributed by atoms with Crippen LogP contribution in [0, 0.1) is 0 Å². The van der Waals surface area contributed by atoms with E-state index in [1.165, 1.54) is 5.56 Å². The number of rotatable bonds is 4. The predicted molar refractivity (Wildman–Crippen MR) is 68.6 cm³/mol. The third-order valence-corrected chi connectivity index (χ3v) is 2.57. The second-order valence-electron chi connectivity index (χ2n) is 3.96. The monoisotopic (exact) mass is 231 g/mol. The number of nitrogens with one attached hydrogen (secondary N) is 1. The molecule has 0 bridgehead atoms. The third-order valence-electron chi connectivity index (χ3n) is 2.57. The summed E-state index contributed by atoms with van der Waals surface area (Å²) >= 11 is 0. The maximum absolute atomic E-state index is 5.69. The van der Waals surface area contributed by atoms with Crippen molar-refractivity contribution in [2.45, 2.75) is 19.9 Å². The lowest BCUT2D eigenvalue weighted by Crippen LogP contribution is -2.03. The van der Waals surface area contributed by atoms with Crippen LogP contribution < -0.4 is 11.1 Å². The van der Waals surface area contributed by atoms with Crippen LogP contribution in [0.25, 0.3) is 0 Å². The van der Waals surface area contributed by atoms with Gasteiger partial charge in [0.05, 0.1) is 5.69 Å². The van der Waals surface area contributed by atoms with Crippen LogP contribution in [0.4, 0.5) is 11.5 Å². The van der Waals surface area contributed by atoms with Gasteiger partial charge in [-0.3, -0.25) is 4.68 Å². The first-order valence-electron chi connectivity index (χ1n) is 5.66. The highest BCUT2D eigenvalue weighted by Crippen LogP contribution is 2.12. The summed E-state index contributed by atoms with van der Waals surface area (Å²) in [6.07, 6.45) is 4.65. The van der Waals surface area contributed by atoms with Crippen molar-refractivity contribution in [1.29, 1.82) is 0 Å². The maximum atomic E-state index is 5.69. The van der Waals surface area contributed by atoms with Crippen molar-refractivity contribution in [3.63, 3.8) is 0 Å². The number of aromatic nitrogens is 3. The molecule has 0 amide bonds. The van der Waals surface area contributed by atoms with Crippen molar-refractivity contribution < 1.29 is 0 Å². The summed E-state index contributed by atoms with van der Waals surface area (Å²) in [4.78, 5) is 4.20. The van der Waals surface area contributed by atoms with E-state index < -0.39 is 0 Å². The molecule has 5 heteroatoms. The fourth-order valence-corrected chi connectivity index (χ4v) is 1.76. The quantitative estimate of drug-likeness (QED) is 0.838. The summed E-state index contributed by atoms with van der Waals surface area (Å²) < 4.78 is 1.84. The molecule has 3 N–H and O–H groups in total. The molecule has 5 nitrogen and oxygen atoms in total. The van der Waals surface area contributed by atoms with Gasteiger partial charge in [0.15, 0.2) is 0 Å². The smallest absolute Gasteiger partial charge is 0.128 e. The minimum atomic E-state index is 0.712. The van der Waals surface area contributed by atoms with Gasteiger partial charge < -0.3 is 11.1 Å². The molecule has 0 aliphatic carbocycles. The molecule has 2 heterocycles. The molecule has 0 radical (unpaired) electrons. The highest BCUT2D eigenvalue weighted by atomic mass is 15.3. The van der Waals surface area contributed by atoms with Crippen molar-refractivity contribution in [1.82, 2.24) is 14.8 Å². The number of hydrogen-bond acceptors (Lipinski definition) is 4. The Kier molecular flexibility index (Phi) is 3.27. The molecule has 0 atom stereocenters. The zero-order chi connectivity index (χ0) is 12.3. The van der Waals surface area contributed by atoms with E-state index in [-0.39, 0.29) is 0 Å². The molecule has 0 saturated carbocycles. The molecule has 0 saturated heterocycles. The second kappa shape index (κ2) is 4.86. The van der Waals surface area contributed by atoms with E-state index in [1.807, 2.05) is 24.0 Å². The first-order chi connectivity index (χ1) is 8.19. The van der Waals surface area contributed by atoms with Crippen molar-refractivity contribution in [3.8, 4) is 0 Å². The van der Waals surface area contributed by atoms with Crippen LogP contribution in [-0.4, -0.2) is 14.8 Å². The molecular formula is C12H17N5. The minimum absolute atomic E-state index is 0.712. The predicted octanol–water partition coefficient (Wildman–Crippen LogP) is 1.57. The molecule has 0 spiro atoms. The Hall–Kier alpha value is -2.04. The molecule has 0 aromatic carbocycles. The molecule has 0 fully saturated rings. The summed E-state index contributed by atoms with van der Waals surface area (Å²) in [6, 6.07) is 3.59. The van der Waals surface area contributed by atoms with Crippen LogP contribution in [0.5, 0.6) is 0 Å². The summed E-state index contributed by atoms with van der Waals surface area (Å²) in [5, 5.41) is 7.64. The SMILES string of the molecule is CCc1nn(C)cc1CNc1cc(N)ccn1. The van der Waals surface area contributed by atoms with E-state index in [1.54, 1.807) is 12.3 Å². The van der Waals surface area contributed by atoms with E-state index in [0.717, 1.165) is 17.9 Å². The number of nitrogens with zero attached hydrogens (tertiary/aromatic N) is 3. The lowest BCUT2D eigenvalue weighted by Gasteiger charge is -2.05. The van der Waals surface area contributed by atoms with Gasteiger partial charge in [0.1, 0.15) is 5.82 Å². The normalized spacial score (nSPS) is 10.5. The van der Waals surface area contributed by atoms with Crippen LogP contribution in [0.15, 0.2) is 24.5 Å². The molecule has 17 heavy (non-hydrogen) atoms. The Bertz CT molecular complexity index is 503. The van der Waals surface area contributed by atoms with Crippen LogP contribution in [-0.2, 0) is 20.0 Å². The minimum Gasteiger partial charge on any atom is -0.399 e. The van der Waals surface area contributed by atoms with E-state index in [2.05, 4.69) is 22.3 Å². The number of pyridine rings is 1. The zero-order valence-corrected chi connectivity index (χ0v) is 10.1. The molecule has 2 aromatic rings. The van der Waals surface area contributed by atoms with Crippen LogP contribution >= 0.6 is 0 Å². The largest absolute Gasteiger partial charge is 0.399 e. The number of anilines is 2.